The molecule has 0 aliphatic rings. The van der Waals surface area contributed by atoms with E-state index in [2.05, 4.69) is 20.0 Å². The zero-order valence-electron chi connectivity index (χ0n) is 13.7. The number of thiophene rings is 1. The van der Waals surface area contributed by atoms with Gasteiger partial charge in [0.05, 0.1) is 11.4 Å². The summed E-state index contributed by atoms with van der Waals surface area (Å²) in [7, 11) is -3.70. The summed E-state index contributed by atoms with van der Waals surface area (Å²) in [6.45, 7) is 7.29. The van der Waals surface area contributed by atoms with E-state index in [9.17, 15) is 8.42 Å². The summed E-state index contributed by atoms with van der Waals surface area (Å²) in [6.07, 6.45) is 0. The van der Waals surface area contributed by atoms with Gasteiger partial charge in [-0.1, -0.05) is 0 Å². The topological polar surface area (TPSA) is 89.8 Å². The molecule has 0 aliphatic heterocycles. The predicted octanol–water partition coefficient (Wildman–Crippen LogP) is 2.76. The lowest BCUT2D eigenvalue weighted by Gasteiger charge is -2.09. The molecule has 0 saturated carbocycles. The van der Waals surface area contributed by atoms with Gasteiger partial charge >= 0.3 is 0 Å². The molecule has 9 heteroatoms. The van der Waals surface area contributed by atoms with Crippen LogP contribution in [0.3, 0.4) is 0 Å². The summed E-state index contributed by atoms with van der Waals surface area (Å²) < 4.78 is 29.4. The van der Waals surface area contributed by atoms with Crippen LogP contribution in [0.1, 0.15) is 21.1 Å². The van der Waals surface area contributed by atoms with Crippen molar-refractivity contribution in [3.05, 3.63) is 45.4 Å². The standard InChI is InChI=1S/C15H17N5O2S2/c1-9-5-6-14(17-16-9)20-15(7-10(2)18-20)19-24(21,22)13-8-11(3)23-12(13)4/h5-8,19H,1-4H3. The molecule has 0 saturated heterocycles. The van der Waals surface area contributed by atoms with Gasteiger partial charge in [0, 0.05) is 15.8 Å². The first-order valence-electron chi connectivity index (χ1n) is 7.23. The van der Waals surface area contributed by atoms with E-state index in [4.69, 9.17) is 0 Å². The maximum atomic E-state index is 12.7. The summed E-state index contributed by atoms with van der Waals surface area (Å²) >= 11 is 1.45. The van der Waals surface area contributed by atoms with E-state index in [-0.39, 0.29) is 4.90 Å². The van der Waals surface area contributed by atoms with Crippen molar-refractivity contribution in [3.8, 4) is 5.82 Å². The van der Waals surface area contributed by atoms with E-state index in [1.54, 1.807) is 38.1 Å². The quantitative estimate of drug-likeness (QED) is 0.770. The minimum atomic E-state index is -3.70. The SMILES string of the molecule is Cc1ccc(-n2nc(C)cc2NS(=O)(=O)c2cc(C)sc2C)nn1. The maximum absolute atomic E-state index is 12.7. The molecule has 0 atom stereocenters. The van der Waals surface area contributed by atoms with Gasteiger partial charge in [-0.05, 0) is 45.9 Å². The second kappa shape index (κ2) is 5.99. The number of nitrogens with one attached hydrogen (secondary N) is 1. The van der Waals surface area contributed by atoms with E-state index < -0.39 is 10.0 Å². The van der Waals surface area contributed by atoms with E-state index >= 15 is 0 Å². The fourth-order valence-corrected chi connectivity index (χ4v) is 4.91. The molecule has 0 spiro atoms. The van der Waals surface area contributed by atoms with Crippen LogP contribution in [0, 0.1) is 27.7 Å². The van der Waals surface area contributed by atoms with E-state index in [0.717, 1.165) is 15.4 Å². The van der Waals surface area contributed by atoms with Crippen molar-refractivity contribution >= 4 is 27.2 Å². The molecule has 0 bridgehead atoms. The van der Waals surface area contributed by atoms with Gasteiger partial charge in [-0.2, -0.15) is 14.9 Å². The zero-order chi connectivity index (χ0) is 17.5. The lowest BCUT2D eigenvalue weighted by molar-refractivity contribution is 0.600. The first-order valence-corrected chi connectivity index (χ1v) is 9.53. The maximum Gasteiger partial charge on any atom is 0.264 e. The lowest BCUT2D eigenvalue weighted by atomic mass is 10.4. The highest BCUT2D eigenvalue weighted by molar-refractivity contribution is 7.93. The van der Waals surface area contributed by atoms with Crippen LogP contribution in [0.4, 0.5) is 5.82 Å². The third-order valence-corrected chi connectivity index (χ3v) is 5.93. The van der Waals surface area contributed by atoms with Gasteiger partial charge in [-0.25, -0.2) is 8.42 Å². The minimum absolute atomic E-state index is 0.283. The van der Waals surface area contributed by atoms with Crippen LogP contribution in [0.15, 0.2) is 29.2 Å². The number of anilines is 1. The molecule has 1 N–H and O–H groups in total. The molecule has 0 radical (unpaired) electrons. The molecule has 0 fully saturated rings. The normalized spacial score (nSPS) is 11.7. The van der Waals surface area contributed by atoms with Crippen LogP contribution >= 0.6 is 11.3 Å². The van der Waals surface area contributed by atoms with Crippen LogP contribution in [-0.2, 0) is 10.0 Å². The summed E-state index contributed by atoms with van der Waals surface area (Å²) in [5.41, 5.74) is 1.45. The van der Waals surface area contributed by atoms with Crippen molar-refractivity contribution in [2.75, 3.05) is 4.72 Å². The van der Waals surface area contributed by atoms with Crippen molar-refractivity contribution in [1.29, 1.82) is 0 Å². The fourth-order valence-electron chi connectivity index (χ4n) is 2.32. The Morgan fingerprint density at radius 3 is 2.38 bits per heavy atom. The molecule has 7 nitrogen and oxygen atoms in total. The van der Waals surface area contributed by atoms with Gasteiger partial charge in [0.1, 0.15) is 10.7 Å². The van der Waals surface area contributed by atoms with Gasteiger partial charge < -0.3 is 0 Å². The number of aryl methyl sites for hydroxylation is 4. The fraction of sp³-hybridized carbons (Fsp3) is 0.267. The number of aromatic nitrogens is 4. The van der Waals surface area contributed by atoms with Crippen molar-refractivity contribution in [3.63, 3.8) is 0 Å². The Balaban J connectivity index is 2.02. The Bertz CT molecular complexity index is 988. The Labute approximate surface area is 144 Å². The predicted molar refractivity (Wildman–Crippen MR) is 93.2 cm³/mol. The molecule has 24 heavy (non-hydrogen) atoms. The number of nitrogens with zero attached hydrogens (tertiary/aromatic N) is 4. The summed E-state index contributed by atoms with van der Waals surface area (Å²) in [5, 5.41) is 12.4. The van der Waals surface area contributed by atoms with Gasteiger partial charge in [-0.3, -0.25) is 4.72 Å². The number of hydrogen-bond acceptors (Lipinski definition) is 6. The first-order chi connectivity index (χ1) is 11.3. The third kappa shape index (κ3) is 3.17. The Kier molecular flexibility index (Phi) is 4.14. The molecule has 0 amide bonds. The van der Waals surface area contributed by atoms with Gasteiger partial charge in [0.25, 0.3) is 10.0 Å². The molecular formula is C15H17N5O2S2. The number of rotatable bonds is 4. The first kappa shape index (κ1) is 16.6. The highest BCUT2D eigenvalue weighted by Crippen LogP contribution is 2.27. The van der Waals surface area contributed by atoms with Crippen LogP contribution in [0.25, 0.3) is 5.82 Å². The molecule has 3 heterocycles. The van der Waals surface area contributed by atoms with Gasteiger partial charge in [0.15, 0.2) is 5.82 Å². The monoisotopic (exact) mass is 363 g/mol. The number of hydrogen-bond donors (Lipinski definition) is 1. The lowest BCUT2D eigenvalue weighted by Crippen LogP contribution is -2.16. The molecule has 0 unspecified atom stereocenters. The van der Waals surface area contributed by atoms with Crippen LogP contribution in [0.2, 0.25) is 0 Å². The van der Waals surface area contributed by atoms with E-state index in [0.29, 0.717) is 17.3 Å². The average Bonchev–Trinajstić information content (AvgIpc) is 3.02. The zero-order valence-corrected chi connectivity index (χ0v) is 15.4. The second-order valence-electron chi connectivity index (χ2n) is 5.50. The van der Waals surface area contributed by atoms with Gasteiger partial charge in [0.2, 0.25) is 0 Å². The van der Waals surface area contributed by atoms with Crippen molar-refractivity contribution in [2.24, 2.45) is 0 Å². The van der Waals surface area contributed by atoms with Gasteiger partial charge in [-0.15, -0.1) is 16.4 Å². The van der Waals surface area contributed by atoms with Crippen LogP contribution in [-0.4, -0.2) is 28.4 Å². The van der Waals surface area contributed by atoms with Crippen LogP contribution in [0.5, 0.6) is 0 Å². The van der Waals surface area contributed by atoms with E-state index in [1.807, 2.05) is 13.8 Å². The molecule has 0 aliphatic carbocycles. The van der Waals surface area contributed by atoms with E-state index in [1.165, 1.54) is 16.0 Å². The Morgan fingerprint density at radius 1 is 1.04 bits per heavy atom. The highest BCUT2D eigenvalue weighted by atomic mass is 32.2. The smallest absolute Gasteiger partial charge is 0.263 e. The summed E-state index contributed by atoms with van der Waals surface area (Å²) in [4.78, 5) is 1.98. The molecule has 3 aromatic rings. The molecular weight excluding hydrogens is 346 g/mol. The van der Waals surface area contributed by atoms with Crippen molar-refractivity contribution in [2.45, 2.75) is 32.6 Å². The molecule has 0 aromatic carbocycles. The van der Waals surface area contributed by atoms with Crippen molar-refractivity contribution in [1.82, 2.24) is 20.0 Å². The highest BCUT2D eigenvalue weighted by Gasteiger charge is 2.22. The summed E-state index contributed by atoms with van der Waals surface area (Å²) in [5.74, 6) is 0.776. The van der Waals surface area contributed by atoms with Crippen molar-refractivity contribution < 1.29 is 8.42 Å². The molecule has 3 rings (SSSR count). The number of sulfonamides is 1. The molecule has 3 aromatic heterocycles. The third-order valence-electron chi connectivity index (χ3n) is 3.36. The second-order valence-corrected chi connectivity index (χ2v) is 8.61. The van der Waals surface area contributed by atoms with Crippen LogP contribution < -0.4 is 4.72 Å². The Hall–Kier alpha value is -2.26. The largest absolute Gasteiger partial charge is 0.264 e. The Morgan fingerprint density at radius 2 is 1.79 bits per heavy atom. The molecule has 126 valence electrons. The average molecular weight is 363 g/mol. The summed E-state index contributed by atoms with van der Waals surface area (Å²) in [6, 6.07) is 6.87. The minimum Gasteiger partial charge on any atom is -0.263 e.